The minimum atomic E-state index is -0.0957. The largest absolute Gasteiger partial charge is 0.468 e. The monoisotopic (exact) mass is 394 g/mol. The van der Waals surface area contributed by atoms with E-state index in [1.54, 1.807) is 0 Å². The number of hydrogen-bond acceptors (Lipinski definition) is 2. The summed E-state index contributed by atoms with van der Waals surface area (Å²) in [5, 5.41) is 0.00712. The van der Waals surface area contributed by atoms with Crippen LogP contribution >= 0.6 is 0 Å². The minimum absolute atomic E-state index is 0.00712. The van der Waals surface area contributed by atoms with Crippen LogP contribution in [0.5, 0.6) is 0 Å². The molecule has 0 amide bonds. The molecule has 0 atom stereocenters. The molecule has 1 aromatic carbocycles. The van der Waals surface area contributed by atoms with E-state index in [2.05, 4.69) is 56.3 Å². The summed E-state index contributed by atoms with van der Waals surface area (Å²) in [6, 6.07) is 10.8. The van der Waals surface area contributed by atoms with E-state index >= 15 is 0 Å². The van der Waals surface area contributed by atoms with Crippen molar-refractivity contribution >= 4 is 13.2 Å². The molecule has 3 heteroatoms. The summed E-state index contributed by atoms with van der Waals surface area (Å²) in [6.07, 6.45) is 18.4. The van der Waals surface area contributed by atoms with Crippen LogP contribution < -0.4 is 0 Å². The smallest absolute Gasteiger partial charge is 0.410 e. The fraction of sp³-hybridized carbons (Fsp3) is 0.692. The predicted octanol–water partition coefficient (Wildman–Crippen LogP) is 7.16. The molecule has 0 radical (unpaired) electrons. The third kappa shape index (κ3) is 4.83. The van der Waals surface area contributed by atoms with Crippen LogP contribution in [0.15, 0.2) is 36.4 Å². The third-order valence-corrected chi connectivity index (χ3v) is 7.65. The lowest BCUT2D eigenvalue weighted by molar-refractivity contribution is 0.00396. The molecule has 29 heavy (non-hydrogen) atoms. The number of hydrogen-bond donors (Lipinski definition) is 0. The molecular formula is C26H39BO2. The third-order valence-electron chi connectivity index (χ3n) is 7.65. The molecule has 3 aliphatic rings. The van der Waals surface area contributed by atoms with Crippen LogP contribution in [-0.2, 0) is 9.31 Å². The molecule has 2 aliphatic carbocycles. The van der Waals surface area contributed by atoms with Crippen molar-refractivity contribution in [3.05, 3.63) is 42.0 Å². The molecule has 0 bridgehead atoms. The summed E-state index contributed by atoms with van der Waals surface area (Å²) in [4.78, 5) is 0. The van der Waals surface area contributed by atoms with Gasteiger partial charge in [0.2, 0.25) is 0 Å². The van der Waals surface area contributed by atoms with Crippen LogP contribution in [0.1, 0.15) is 83.6 Å². The van der Waals surface area contributed by atoms with Crippen molar-refractivity contribution in [2.75, 3.05) is 13.2 Å². The Kier molecular flexibility index (Phi) is 6.86. The van der Waals surface area contributed by atoms with E-state index < -0.39 is 0 Å². The second-order valence-electron chi connectivity index (χ2n) is 10.5. The molecule has 0 unspecified atom stereocenters. The quantitative estimate of drug-likeness (QED) is 0.493. The number of rotatable bonds is 5. The maximum atomic E-state index is 6.58. The number of allylic oxidation sites excluding steroid dienone is 1. The van der Waals surface area contributed by atoms with Gasteiger partial charge in [0.05, 0.1) is 0 Å². The van der Waals surface area contributed by atoms with Crippen molar-refractivity contribution in [1.29, 1.82) is 0 Å². The van der Waals surface area contributed by atoms with Crippen LogP contribution in [0.3, 0.4) is 0 Å². The first-order valence-corrected chi connectivity index (χ1v) is 12.1. The molecule has 0 aromatic heterocycles. The predicted molar refractivity (Wildman–Crippen MR) is 123 cm³/mol. The van der Waals surface area contributed by atoms with Crippen molar-refractivity contribution in [3.8, 4) is 0 Å². The average Bonchev–Trinajstić information content (AvgIpc) is 2.77. The molecule has 3 fully saturated rings. The Balaban J connectivity index is 1.72. The van der Waals surface area contributed by atoms with E-state index in [4.69, 9.17) is 9.31 Å². The summed E-state index contributed by atoms with van der Waals surface area (Å²) in [6.45, 7) is 6.12. The van der Waals surface area contributed by atoms with Gasteiger partial charge in [0, 0.05) is 23.9 Å². The van der Waals surface area contributed by atoms with E-state index in [9.17, 15) is 0 Å². The first-order chi connectivity index (χ1) is 14.1. The van der Waals surface area contributed by atoms with Crippen molar-refractivity contribution in [2.45, 2.75) is 83.4 Å². The SMILES string of the molecule is CC1(C)COB(C(/C=C/c2ccccc2)(C2CCCCC2)C2CCCCC2)OC1. The van der Waals surface area contributed by atoms with Crippen LogP contribution in [0, 0.1) is 17.3 Å². The van der Waals surface area contributed by atoms with E-state index in [1.807, 2.05) is 0 Å². The van der Waals surface area contributed by atoms with Crippen molar-refractivity contribution in [3.63, 3.8) is 0 Å². The lowest BCUT2D eigenvalue weighted by atomic mass is 9.41. The lowest BCUT2D eigenvalue weighted by Gasteiger charge is -2.51. The Hall–Kier alpha value is -1.06. The topological polar surface area (TPSA) is 18.5 Å². The fourth-order valence-electron chi connectivity index (χ4n) is 6.06. The van der Waals surface area contributed by atoms with Gasteiger partial charge in [0.25, 0.3) is 0 Å². The van der Waals surface area contributed by atoms with Crippen LogP contribution in [0.25, 0.3) is 6.08 Å². The van der Waals surface area contributed by atoms with Gasteiger partial charge in [-0.05, 0) is 17.4 Å². The molecule has 158 valence electrons. The minimum Gasteiger partial charge on any atom is -0.410 e. The lowest BCUT2D eigenvalue weighted by Crippen LogP contribution is -2.53. The molecule has 0 N–H and O–H groups in total. The molecule has 1 aromatic rings. The van der Waals surface area contributed by atoms with Gasteiger partial charge in [-0.2, -0.15) is 0 Å². The normalized spacial score (nSPS) is 24.8. The molecule has 4 rings (SSSR count). The van der Waals surface area contributed by atoms with Gasteiger partial charge in [0.1, 0.15) is 0 Å². The van der Waals surface area contributed by atoms with Crippen LogP contribution in [0.4, 0.5) is 0 Å². The fourth-order valence-corrected chi connectivity index (χ4v) is 6.06. The second-order valence-corrected chi connectivity index (χ2v) is 10.5. The molecule has 2 nitrogen and oxygen atoms in total. The Bertz CT molecular complexity index is 629. The van der Waals surface area contributed by atoms with Gasteiger partial charge in [0.15, 0.2) is 0 Å². The van der Waals surface area contributed by atoms with Crippen molar-refractivity contribution in [1.82, 2.24) is 0 Å². The van der Waals surface area contributed by atoms with E-state index in [1.165, 1.54) is 69.8 Å². The first kappa shape index (κ1) is 21.2. The first-order valence-electron chi connectivity index (χ1n) is 12.1. The average molecular weight is 394 g/mol. The van der Waals surface area contributed by atoms with E-state index in [0.717, 1.165) is 13.2 Å². The Morgan fingerprint density at radius 1 is 0.828 bits per heavy atom. The highest BCUT2D eigenvalue weighted by Gasteiger charge is 2.56. The molecular weight excluding hydrogens is 355 g/mol. The molecule has 0 spiro atoms. The van der Waals surface area contributed by atoms with Crippen LogP contribution in [-0.4, -0.2) is 20.3 Å². The van der Waals surface area contributed by atoms with Crippen LogP contribution in [0.2, 0.25) is 5.31 Å². The van der Waals surface area contributed by atoms with Gasteiger partial charge in [-0.1, -0.05) is 121 Å². The maximum absolute atomic E-state index is 6.58. The van der Waals surface area contributed by atoms with Gasteiger partial charge in [-0.15, -0.1) is 0 Å². The standard InChI is InChI=1S/C26H39BO2/c1-25(2)20-28-27(29-21-25)26(23-14-8-4-9-15-23,24-16-10-5-11-17-24)19-18-22-12-6-3-7-13-22/h3,6-7,12-13,18-19,23-24H,4-5,8-11,14-17,20-21H2,1-2H3/b19-18+. The summed E-state index contributed by atoms with van der Waals surface area (Å²) in [5.74, 6) is 1.34. The summed E-state index contributed by atoms with van der Waals surface area (Å²) < 4.78 is 13.2. The molecule has 2 saturated carbocycles. The highest BCUT2D eigenvalue weighted by Crippen LogP contribution is 2.58. The van der Waals surface area contributed by atoms with Crippen molar-refractivity contribution < 1.29 is 9.31 Å². The van der Waals surface area contributed by atoms with Crippen molar-refractivity contribution in [2.24, 2.45) is 17.3 Å². The summed E-state index contributed by atoms with van der Waals surface area (Å²) in [7, 11) is -0.0957. The number of benzene rings is 1. The second kappa shape index (κ2) is 9.39. The maximum Gasteiger partial charge on any atom is 0.468 e. The highest BCUT2D eigenvalue weighted by atomic mass is 16.6. The Labute approximate surface area is 178 Å². The van der Waals surface area contributed by atoms with Gasteiger partial charge in [-0.25, -0.2) is 0 Å². The Morgan fingerprint density at radius 3 is 1.86 bits per heavy atom. The van der Waals surface area contributed by atoms with E-state index in [0.29, 0.717) is 11.8 Å². The summed E-state index contributed by atoms with van der Waals surface area (Å²) in [5.41, 5.74) is 1.41. The zero-order chi connectivity index (χ0) is 20.2. The van der Waals surface area contributed by atoms with Gasteiger partial charge < -0.3 is 9.31 Å². The van der Waals surface area contributed by atoms with Gasteiger partial charge >= 0.3 is 7.12 Å². The zero-order valence-corrected chi connectivity index (χ0v) is 18.6. The molecule has 1 heterocycles. The molecule has 1 saturated heterocycles. The molecule has 1 aliphatic heterocycles. The van der Waals surface area contributed by atoms with E-state index in [-0.39, 0.29) is 17.8 Å². The zero-order valence-electron chi connectivity index (χ0n) is 18.6. The highest BCUT2D eigenvalue weighted by molar-refractivity contribution is 6.50. The Morgan fingerprint density at radius 2 is 1.34 bits per heavy atom. The van der Waals surface area contributed by atoms with Gasteiger partial charge in [-0.3, -0.25) is 0 Å². The summed E-state index contributed by atoms with van der Waals surface area (Å²) >= 11 is 0.